The number of nitrogens with one attached hydrogen (secondary N) is 1. The van der Waals surface area contributed by atoms with Gasteiger partial charge < -0.3 is 5.32 Å². The van der Waals surface area contributed by atoms with Crippen LogP contribution in [-0.4, -0.2) is 7.05 Å². The Labute approximate surface area is 55.7 Å². The molecule has 0 aliphatic heterocycles. The number of rotatable bonds is 2. The molecule has 0 unspecified atom stereocenters. The van der Waals surface area contributed by atoms with Gasteiger partial charge in [-0.3, -0.25) is 0 Å². The highest BCUT2D eigenvalue weighted by Crippen LogP contribution is 1.95. The minimum Gasteiger partial charge on any atom is -0.316 e. The van der Waals surface area contributed by atoms with Crippen LogP contribution >= 0.6 is 0 Å². The summed E-state index contributed by atoms with van der Waals surface area (Å²) in [5, 5.41) is 3.08. The molecule has 1 rings (SSSR count). The molecular weight excluding hydrogens is 112 g/mol. The minimum absolute atomic E-state index is 0.959. The van der Waals surface area contributed by atoms with E-state index >= 15 is 0 Å². The third kappa shape index (κ3) is 1.86. The summed E-state index contributed by atoms with van der Waals surface area (Å²) in [7, 11) is 1.95. The van der Waals surface area contributed by atoms with Gasteiger partial charge in [-0.15, -0.1) is 0 Å². The van der Waals surface area contributed by atoms with Crippen LogP contribution in [0, 0.1) is 0 Å². The molecule has 0 aromatic heterocycles. The van der Waals surface area contributed by atoms with Crippen LogP contribution in [0.15, 0.2) is 30.3 Å². The average Bonchev–Trinajstić information content (AvgIpc) is 1.91. The van der Waals surface area contributed by atoms with Gasteiger partial charge in [-0.2, -0.15) is 0 Å². The largest absolute Gasteiger partial charge is 0.316 e. The fourth-order valence-corrected chi connectivity index (χ4v) is 0.800. The van der Waals surface area contributed by atoms with E-state index in [2.05, 4.69) is 17.4 Å². The predicted octanol–water partition coefficient (Wildman–Crippen LogP) is 1.41. The van der Waals surface area contributed by atoms with Crippen molar-refractivity contribution in [1.29, 1.82) is 0 Å². The molecule has 1 heteroatoms. The molecule has 1 nitrogen and oxygen atoms in total. The van der Waals surface area contributed by atoms with Crippen LogP contribution in [0.4, 0.5) is 0 Å². The number of hydrogen-bond donors (Lipinski definition) is 1. The zero-order valence-corrected chi connectivity index (χ0v) is 5.59. The van der Waals surface area contributed by atoms with Crippen LogP contribution in [0.5, 0.6) is 0 Å². The molecule has 0 radical (unpaired) electrons. The molecule has 0 aliphatic carbocycles. The molecule has 0 fully saturated rings. The van der Waals surface area contributed by atoms with Gasteiger partial charge >= 0.3 is 0 Å². The van der Waals surface area contributed by atoms with Crippen molar-refractivity contribution in [3.8, 4) is 0 Å². The Balaban J connectivity index is 2.61. The molecule has 1 aromatic rings. The summed E-state index contributed by atoms with van der Waals surface area (Å²) < 4.78 is 0. The molecule has 0 bridgehead atoms. The maximum atomic E-state index is 3.08. The maximum Gasteiger partial charge on any atom is 0.0202 e. The van der Waals surface area contributed by atoms with Crippen LogP contribution in [0.1, 0.15) is 5.56 Å². The van der Waals surface area contributed by atoms with Crippen molar-refractivity contribution in [1.82, 2.24) is 5.32 Å². The van der Waals surface area contributed by atoms with Crippen LogP contribution in [0.25, 0.3) is 0 Å². The molecule has 0 saturated carbocycles. The normalized spacial score (nSPS) is 9.44. The fourth-order valence-electron chi connectivity index (χ4n) is 0.800. The molecular formula is C8H11N. The quantitative estimate of drug-likeness (QED) is 0.463. The van der Waals surface area contributed by atoms with Gasteiger partial charge in [-0.05, 0) is 12.6 Å². The molecule has 48 valence electrons. The highest BCUT2D eigenvalue weighted by Gasteiger charge is 1.83. The van der Waals surface area contributed by atoms with Crippen molar-refractivity contribution in [2.75, 3.05) is 7.05 Å². The van der Waals surface area contributed by atoms with E-state index in [-0.39, 0.29) is 0 Å². The van der Waals surface area contributed by atoms with Gasteiger partial charge in [0.1, 0.15) is 0 Å². The molecule has 0 atom stereocenters. The van der Waals surface area contributed by atoms with Gasteiger partial charge in [0.2, 0.25) is 0 Å². The van der Waals surface area contributed by atoms with Gasteiger partial charge in [0.15, 0.2) is 0 Å². The Kier molecular flexibility index (Phi) is 2.28. The number of benzene rings is 1. The van der Waals surface area contributed by atoms with Crippen LogP contribution in [0.2, 0.25) is 0 Å². The molecule has 0 spiro atoms. The zero-order valence-electron chi connectivity index (χ0n) is 5.59. The van der Waals surface area contributed by atoms with E-state index in [0.717, 1.165) is 6.54 Å². The third-order valence-corrected chi connectivity index (χ3v) is 1.22. The van der Waals surface area contributed by atoms with Crippen molar-refractivity contribution in [2.45, 2.75) is 6.54 Å². The van der Waals surface area contributed by atoms with Gasteiger partial charge in [-0.1, -0.05) is 30.3 Å². The highest BCUT2D eigenvalue weighted by molar-refractivity contribution is 5.13. The van der Waals surface area contributed by atoms with E-state index in [1.165, 1.54) is 5.56 Å². The van der Waals surface area contributed by atoms with Gasteiger partial charge in [0, 0.05) is 6.54 Å². The predicted molar refractivity (Wildman–Crippen MR) is 39.2 cm³/mol. The highest BCUT2D eigenvalue weighted by atomic mass is 15.7. The SMILES string of the molecule is [13CH3][15NH]Cc1ccccc1. The smallest absolute Gasteiger partial charge is 0.0202 e. The zero-order chi connectivity index (χ0) is 6.53. The number of hydrogen-bond acceptors (Lipinski definition) is 1. The summed E-state index contributed by atoms with van der Waals surface area (Å²) in [6, 6.07) is 10.3. The summed E-state index contributed by atoms with van der Waals surface area (Å²) in [5.74, 6) is 0. The molecule has 0 heterocycles. The van der Waals surface area contributed by atoms with Crippen LogP contribution < -0.4 is 5.32 Å². The van der Waals surface area contributed by atoms with E-state index in [0.29, 0.717) is 0 Å². The molecule has 0 saturated heterocycles. The van der Waals surface area contributed by atoms with E-state index in [1.807, 2.05) is 25.2 Å². The Morgan fingerprint density at radius 3 is 2.44 bits per heavy atom. The first kappa shape index (κ1) is 6.30. The van der Waals surface area contributed by atoms with Crippen LogP contribution in [-0.2, 0) is 6.54 Å². The Morgan fingerprint density at radius 2 is 1.89 bits per heavy atom. The van der Waals surface area contributed by atoms with Crippen molar-refractivity contribution in [2.24, 2.45) is 0 Å². The lowest BCUT2D eigenvalue weighted by Crippen LogP contribution is -2.04. The maximum absolute atomic E-state index is 3.08. The Bertz CT molecular complexity index is 157. The lowest BCUT2D eigenvalue weighted by atomic mass is 10.2. The summed E-state index contributed by atoms with van der Waals surface area (Å²) in [6.45, 7) is 0.959. The lowest BCUT2D eigenvalue weighted by Gasteiger charge is -1.95. The van der Waals surface area contributed by atoms with E-state index < -0.39 is 0 Å². The Morgan fingerprint density at radius 1 is 1.22 bits per heavy atom. The van der Waals surface area contributed by atoms with E-state index in [1.54, 1.807) is 0 Å². The molecule has 1 aromatic carbocycles. The first-order chi connectivity index (χ1) is 4.43. The summed E-state index contributed by atoms with van der Waals surface area (Å²) in [6.07, 6.45) is 0. The second-order valence-corrected chi connectivity index (χ2v) is 2.02. The topological polar surface area (TPSA) is 12.0 Å². The molecule has 0 amide bonds. The summed E-state index contributed by atoms with van der Waals surface area (Å²) in [4.78, 5) is 0. The third-order valence-electron chi connectivity index (χ3n) is 1.22. The van der Waals surface area contributed by atoms with Crippen LogP contribution in [0.3, 0.4) is 0 Å². The van der Waals surface area contributed by atoms with Crippen molar-refractivity contribution in [3.63, 3.8) is 0 Å². The van der Waals surface area contributed by atoms with Crippen molar-refractivity contribution < 1.29 is 0 Å². The van der Waals surface area contributed by atoms with Crippen molar-refractivity contribution in [3.05, 3.63) is 35.9 Å². The second-order valence-electron chi connectivity index (χ2n) is 2.02. The van der Waals surface area contributed by atoms with Gasteiger partial charge in [0.05, 0.1) is 0 Å². The van der Waals surface area contributed by atoms with Crippen molar-refractivity contribution >= 4 is 0 Å². The fraction of sp³-hybridized carbons (Fsp3) is 0.250. The van der Waals surface area contributed by atoms with Gasteiger partial charge in [-0.25, -0.2) is 0 Å². The first-order valence-electron chi connectivity index (χ1n) is 3.12. The summed E-state index contributed by atoms with van der Waals surface area (Å²) >= 11 is 0. The lowest BCUT2D eigenvalue weighted by molar-refractivity contribution is 0.818. The standard InChI is InChI=1S/C8H11N/c1-9-7-8-5-3-2-4-6-8/h2-6,9H,7H2,1H3/i1+1,9+1. The molecule has 1 N–H and O–H groups in total. The monoisotopic (exact) mass is 123 g/mol. The second kappa shape index (κ2) is 3.25. The molecule has 0 aliphatic rings. The van der Waals surface area contributed by atoms with E-state index in [4.69, 9.17) is 0 Å². The average molecular weight is 123 g/mol. The Hall–Kier alpha value is -0.820. The van der Waals surface area contributed by atoms with Gasteiger partial charge in [0.25, 0.3) is 0 Å². The van der Waals surface area contributed by atoms with E-state index in [9.17, 15) is 0 Å². The first-order valence-corrected chi connectivity index (χ1v) is 3.12. The summed E-state index contributed by atoms with van der Waals surface area (Å²) in [5.41, 5.74) is 1.33. The molecule has 9 heavy (non-hydrogen) atoms. The minimum atomic E-state index is 0.959.